The lowest BCUT2D eigenvalue weighted by atomic mass is 9.92. The second-order valence-corrected chi connectivity index (χ2v) is 4.93. The highest BCUT2D eigenvalue weighted by Gasteiger charge is 2.25. The third kappa shape index (κ3) is 3.98. The van der Waals surface area contributed by atoms with Crippen molar-refractivity contribution in [2.45, 2.75) is 26.4 Å². The standard InChI is InChI=1S/C12H17ClN2O2/c1-8(2)12(3,17)7-14-11(16)9-5-4-6-10(13)15-9/h4-6,8,17H,7H2,1-3H3,(H,14,16). The number of hydrogen-bond acceptors (Lipinski definition) is 3. The first-order chi connectivity index (χ1) is 7.83. The van der Waals surface area contributed by atoms with Crippen molar-refractivity contribution in [3.05, 3.63) is 29.0 Å². The molecule has 17 heavy (non-hydrogen) atoms. The molecule has 94 valence electrons. The van der Waals surface area contributed by atoms with Crippen LogP contribution in [0.25, 0.3) is 0 Å². The average molecular weight is 257 g/mol. The van der Waals surface area contributed by atoms with Crippen LogP contribution in [0.4, 0.5) is 0 Å². The first-order valence-electron chi connectivity index (χ1n) is 5.46. The molecular formula is C12H17ClN2O2. The number of carbonyl (C=O) groups excluding carboxylic acids is 1. The second kappa shape index (κ2) is 5.47. The van der Waals surface area contributed by atoms with E-state index in [0.717, 1.165) is 0 Å². The predicted octanol–water partition coefficient (Wildman–Crippen LogP) is 1.87. The van der Waals surface area contributed by atoms with E-state index in [1.807, 2.05) is 13.8 Å². The van der Waals surface area contributed by atoms with Crippen LogP contribution in [-0.4, -0.2) is 28.1 Å². The molecule has 0 bridgehead atoms. The summed E-state index contributed by atoms with van der Waals surface area (Å²) >= 11 is 5.69. The Morgan fingerprint density at radius 3 is 2.76 bits per heavy atom. The third-order valence-corrected chi connectivity index (χ3v) is 3.01. The maximum absolute atomic E-state index is 11.7. The molecule has 0 aliphatic rings. The van der Waals surface area contributed by atoms with Crippen LogP contribution in [0, 0.1) is 5.92 Å². The van der Waals surface area contributed by atoms with Gasteiger partial charge in [-0.1, -0.05) is 31.5 Å². The molecule has 0 aliphatic heterocycles. The van der Waals surface area contributed by atoms with E-state index in [4.69, 9.17) is 11.6 Å². The molecule has 0 aliphatic carbocycles. The van der Waals surface area contributed by atoms with E-state index in [2.05, 4.69) is 10.3 Å². The van der Waals surface area contributed by atoms with Gasteiger partial charge in [-0.2, -0.15) is 0 Å². The molecule has 0 spiro atoms. The van der Waals surface area contributed by atoms with Crippen molar-refractivity contribution in [1.82, 2.24) is 10.3 Å². The first kappa shape index (κ1) is 13.9. The van der Waals surface area contributed by atoms with Gasteiger partial charge in [0.15, 0.2) is 0 Å². The van der Waals surface area contributed by atoms with Crippen molar-refractivity contribution in [3.63, 3.8) is 0 Å². The maximum Gasteiger partial charge on any atom is 0.270 e. The molecule has 1 unspecified atom stereocenters. The lowest BCUT2D eigenvalue weighted by molar-refractivity contribution is 0.0142. The summed E-state index contributed by atoms with van der Waals surface area (Å²) in [6.45, 7) is 5.65. The van der Waals surface area contributed by atoms with E-state index < -0.39 is 5.60 Å². The van der Waals surface area contributed by atoms with Gasteiger partial charge in [-0.15, -0.1) is 0 Å². The molecule has 0 fully saturated rings. The van der Waals surface area contributed by atoms with E-state index in [0.29, 0.717) is 0 Å². The minimum absolute atomic E-state index is 0.0510. The second-order valence-electron chi connectivity index (χ2n) is 4.54. The number of pyridine rings is 1. The van der Waals surface area contributed by atoms with Crippen molar-refractivity contribution in [3.8, 4) is 0 Å². The Morgan fingerprint density at radius 2 is 2.24 bits per heavy atom. The molecule has 1 aromatic heterocycles. The van der Waals surface area contributed by atoms with Gasteiger partial charge in [-0.3, -0.25) is 4.79 Å². The third-order valence-electron chi connectivity index (χ3n) is 2.80. The van der Waals surface area contributed by atoms with Crippen molar-refractivity contribution >= 4 is 17.5 Å². The highest BCUT2D eigenvalue weighted by atomic mass is 35.5. The Morgan fingerprint density at radius 1 is 1.59 bits per heavy atom. The van der Waals surface area contributed by atoms with E-state index in [9.17, 15) is 9.90 Å². The van der Waals surface area contributed by atoms with Crippen molar-refractivity contribution in [2.24, 2.45) is 5.92 Å². The number of rotatable bonds is 4. The van der Waals surface area contributed by atoms with E-state index >= 15 is 0 Å². The topological polar surface area (TPSA) is 62.2 Å². The Hall–Kier alpha value is -1.13. The summed E-state index contributed by atoms with van der Waals surface area (Å²) in [7, 11) is 0. The Labute approximate surface area is 106 Å². The Bertz CT molecular complexity index is 405. The van der Waals surface area contributed by atoms with Crippen LogP contribution < -0.4 is 5.32 Å². The van der Waals surface area contributed by atoms with Gasteiger partial charge in [0.05, 0.1) is 5.60 Å². The molecule has 1 atom stereocenters. The Balaban J connectivity index is 2.62. The average Bonchev–Trinajstić information content (AvgIpc) is 2.25. The SMILES string of the molecule is CC(C)C(C)(O)CNC(=O)c1cccc(Cl)n1. The van der Waals surface area contributed by atoms with E-state index in [1.165, 1.54) is 0 Å². The molecule has 5 heteroatoms. The van der Waals surface area contributed by atoms with Crippen LogP contribution in [0.3, 0.4) is 0 Å². The molecule has 0 radical (unpaired) electrons. The van der Waals surface area contributed by atoms with Crippen molar-refractivity contribution in [2.75, 3.05) is 6.54 Å². The molecule has 0 saturated carbocycles. The van der Waals surface area contributed by atoms with Gasteiger partial charge in [0.25, 0.3) is 5.91 Å². The fraction of sp³-hybridized carbons (Fsp3) is 0.500. The number of hydrogen-bond donors (Lipinski definition) is 2. The van der Waals surface area contributed by atoms with Gasteiger partial charge in [-0.25, -0.2) is 4.98 Å². The minimum atomic E-state index is -0.936. The summed E-state index contributed by atoms with van der Waals surface area (Å²) in [5.74, 6) is -0.288. The van der Waals surface area contributed by atoms with Crippen LogP contribution in [0.2, 0.25) is 5.15 Å². The highest BCUT2D eigenvalue weighted by Crippen LogP contribution is 2.14. The largest absolute Gasteiger partial charge is 0.388 e. The van der Waals surface area contributed by atoms with Crippen LogP contribution in [0.1, 0.15) is 31.3 Å². The number of nitrogens with one attached hydrogen (secondary N) is 1. The summed E-state index contributed by atoms with van der Waals surface area (Å²) in [4.78, 5) is 15.6. The molecule has 0 saturated heterocycles. The maximum atomic E-state index is 11.7. The summed E-state index contributed by atoms with van der Waals surface area (Å²) in [5.41, 5.74) is -0.689. The van der Waals surface area contributed by atoms with Crippen LogP contribution in [-0.2, 0) is 0 Å². The number of halogens is 1. The molecule has 1 rings (SSSR count). The van der Waals surface area contributed by atoms with E-state index in [1.54, 1.807) is 25.1 Å². The molecule has 1 amide bonds. The molecule has 4 nitrogen and oxygen atoms in total. The number of aliphatic hydroxyl groups is 1. The summed E-state index contributed by atoms with van der Waals surface area (Å²) < 4.78 is 0. The number of amides is 1. The summed E-state index contributed by atoms with van der Waals surface area (Å²) in [5, 5.41) is 12.9. The summed E-state index contributed by atoms with van der Waals surface area (Å²) in [6, 6.07) is 4.83. The number of carbonyl (C=O) groups is 1. The monoisotopic (exact) mass is 256 g/mol. The fourth-order valence-electron chi connectivity index (χ4n) is 1.09. The van der Waals surface area contributed by atoms with E-state index in [-0.39, 0.29) is 29.2 Å². The van der Waals surface area contributed by atoms with Crippen LogP contribution >= 0.6 is 11.6 Å². The predicted molar refractivity (Wildman–Crippen MR) is 67.0 cm³/mol. The fourth-order valence-corrected chi connectivity index (χ4v) is 1.25. The van der Waals surface area contributed by atoms with Gasteiger partial charge in [0.1, 0.15) is 10.8 Å². The molecule has 1 aromatic rings. The number of aromatic nitrogens is 1. The minimum Gasteiger partial charge on any atom is -0.388 e. The molecular weight excluding hydrogens is 240 g/mol. The van der Waals surface area contributed by atoms with Gasteiger partial charge in [0.2, 0.25) is 0 Å². The van der Waals surface area contributed by atoms with Crippen LogP contribution in [0.5, 0.6) is 0 Å². The summed E-state index contributed by atoms with van der Waals surface area (Å²) in [6.07, 6.45) is 0. The quantitative estimate of drug-likeness (QED) is 0.809. The van der Waals surface area contributed by atoms with Gasteiger partial charge in [0, 0.05) is 6.54 Å². The molecule has 1 heterocycles. The van der Waals surface area contributed by atoms with Gasteiger partial charge >= 0.3 is 0 Å². The molecule has 0 aromatic carbocycles. The molecule has 2 N–H and O–H groups in total. The lowest BCUT2D eigenvalue weighted by Crippen LogP contribution is -2.44. The zero-order valence-electron chi connectivity index (χ0n) is 10.2. The number of nitrogens with zero attached hydrogens (tertiary/aromatic N) is 1. The van der Waals surface area contributed by atoms with Crippen LogP contribution in [0.15, 0.2) is 18.2 Å². The normalized spacial score (nSPS) is 14.5. The van der Waals surface area contributed by atoms with Gasteiger partial charge < -0.3 is 10.4 Å². The zero-order chi connectivity index (χ0) is 13.1. The highest BCUT2D eigenvalue weighted by molar-refractivity contribution is 6.29. The lowest BCUT2D eigenvalue weighted by Gasteiger charge is -2.27. The smallest absolute Gasteiger partial charge is 0.270 e. The van der Waals surface area contributed by atoms with Gasteiger partial charge in [-0.05, 0) is 25.0 Å². The Kier molecular flexibility index (Phi) is 4.48. The zero-order valence-corrected chi connectivity index (χ0v) is 11.0. The van der Waals surface area contributed by atoms with Crippen molar-refractivity contribution < 1.29 is 9.90 Å². The first-order valence-corrected chi connectivity index (χ1v) is 5.84. The van der Waals surface area contributed by atoms with Crippen molar-refractivity contribution in [1.29, 1.82) is 0 Å².